The maximum atomic E-state index is 13.9. The van der Waals surface area contributed by atoms with Crippen molar-refractivity contribution in [1.82, 2.24) is 0 Å². The third kappa shape index (κ3) is 2.46. The Labute approximate surface area is 106 Å². The summed E-state index contributed by atoms with van der Waals surface area (Å²) in [5.74, 6) is -0.643. The highest BCUT2D eigenvalue weighted by Crippen LogP contribution is 2.27. The first-order valence-electron chi connectivity index (χ1n) is 5.56. The van der Waals surface area contributed by atoms with E-state index in [1.807, 2.05) is 0 Å². The van der Waals surface area contributed by atoms with Crippen LogP contribution in [0.1, 0.15) is 6.42 Å². The molecule has 1 heterocycles. The molecule has 1 aliphatic rings. The number of nitrogens with zero attached hydrogens (tertiary/aromatic N) is 2. The molecule has 0 spiro atoms. The van der Waals surface area contributed by atoms with E-state index in [9.17, 15) is 12.8 Å². The minimum atomic E-state index is -3.39. The van der Waals surface area contributed by atoms with Gasteiger partial charge in [0.2, 0.25) is 0 Å². The molecule has 6 heteroatoms. The normalized spacial score (nSPS) is 19.8. The average Bonchev–Trinajstić information content (AvgIpc) is 2.76. The van der Waals surface area contributed by atoms with Gasteiger partial charge in [-0.05, 0) is 24.6 Å². The van der Waals surface area contributed by atoms with Crippen molar-refractivity contribution in [3.8, 4) is 6.07 Å². The first-order chi connectivity index (χ1) is 8.41. The summed E-state index contributed by atoms with van der Waals surface area (Å²) in [5.41, 5.74) is 0.361. The molecule has 0 N–H and O–H groups in total. The Bertz CT molecular complexity index is 607. The smallest absolute Gasteiger partial charge is 0.175 e. The van der Waals surface area contributed by atoms with Gasteiger partial charge in [0.1, 0.15) is 5.82 Å². The predicted octanol–water partition coefficient (Wildman–Crippen LogP) is 1.58. The Morgan fingerprint density at radius 2 is 2.22 bits per heavy atom. The first-order valence-corrected chi connectivity index (χ1v) is 7.45. The molecule has 4 nitrogen and oxygen atoms in total. The van der Waals surface area contributed by atoms with Gasteiger partial charge in [-0.3, -0.25) is 0 Å². The zero-order chi connectivity index (χ0) is 13.3. The second-order valence-corrected chi connectivity index (χ2v) is 6.46. The molecule has 1 aromatic rings. The summed E-state index contributed by atoms with van der Waals surface area (Å²) in [6.45, 7) is 1.11. The number of halogens is 1. The van der Waals surface area contributed by atoms with Crippen LogP contribution in [0.25, 0.3) is 0 Å². The predicted molar refractivity (Wildman–Crippen MR) is 65.4 cm³/mol. The molecular weight excluding hydrogens is 255 g/mol. The molecule has 0 saturated carbocycles. The molecule has 1 atom stereocenters. The number of hydrogen-bond donors (Lipinski definition) is 0. The van der Waals surface area contributed by atoms with Crippen molar-refractivity contribution in [3.05, 3.63) is 24.0 Å². The quantitative estimate of drug-likeness (QED) is 0.817. The number of sulfone groups is 1. The fourth-order valence-corrected chi connectivity index (χ4v) is 2.69. The summed E-state index contributed by atoms with van der Waals surface area (Å²) < 4.78 is 36.5. The van der Waals surface area contributed by atoms with E-state index in [1.54, 1.807) is 4.90 Å². The molecule has 1 fully saturated rings. The fourth-order valence-electron chi connectivity index (χ4n) is 2.06. The van der Waals surface area contributed by atoms with Crippen LogP contribution in [0.15, 0.2) is 23.1 Å². The number of nitriles is 1. The molecular formula is C12H13FN2O2S. The Morgan fingerprint density at radius 3 is 2.72 bits per heavy atom. The largest absolute Gasteiger partial charge is 0.368 e. The highest BCUT2D eigenvalue weighted by Gasteiger charge is 2.24. The van der Waals surface area contributed by atoms with Crippen LogP contribution < -0.4 is 4.90 Å². The molecule has 96 valence electrons. The van der Waals surface area contributed by atoms with Gasteiger partial charge in [0, 0.05) is 19.3 Å². The molecule has 1 aromatic carbocycles. The summed E-state index contributed by atoms with van der Waals surface area (Å²) in [4.78, 5) is 1.75. The van der Waals surface area contributed by atoms with E-state index in [0.29, 0.717) is 25.2 Å². The van der Waals surface area contributed by atoms with Crippen LogP contribution in [0, 0.1) is 23.1 Å². The van der Waals surface area contributed by atoms with Crippen molar-refractivity contribution in [1.29, 1.82) is 5.26 Å². The highest BCUT2D eigenvalue weighted by molar-refractivity contribution is 7.90. The van der Waals surface area contributed by atoms with Gasteiger partial charge in [0.05, 0.1) is 22.6 Å². The zero-order valence-electron chi connectivity index (χ0n) is 9.93. The summed E-state index contributed by atoms with van der Waals surface area (Å²) in [5, 5.41) is 8.80. The van der Waals surface area contributed by atoms with Gasteiger partial charge in [0.25, 0.3) is 0 Å². The van der Waals surface area contributed by atoms with Crippen LogP contribution in [0.2, 0.25) is 0 Å². The summed E-state index contributed by atoms with van der Waals surface area (Å²) >= 11 is 0. The van der Waals surface area contributed by atoms with Gasteiger partial charge in [-0.2, -0.15) is 5.26 Å². The topological polar surface area (TPSA) is 61.2 Å². The molecule has 0 aliphatic carbocycles. The van der Waals surface area contributed by atoms with Crippen molar-refractivity contribution < 1.29 is 12.8 Å². The van der Waals surface area contributed by atoms with Crippen LogP contribution in [0.5, 0.6) is 0 Å². The Balaban J connectivity index is 2.30. The summed E-state index contributed by atoms with van der Waals surface area (Å²) in [6.07, 6.45) is 1.76. The van der Waals surface area contributed by atoms with Crippen LogP contribution in [0.3, 0.4) is 0 Å². The van der Waals surface area contributed by atoms with Gasteiger partial charge >= 0.3 is 0 Å². The molecule has 0 radical (unpaired) electrons. The lowest BCUT2D eigenvalue weighted by Gasteiger charge is -2.18. The van der Waals surface area contributed by atoms with E-state index >= 15 is 0 Å². The molecule has 1 aliphatic heterocycles. The summed E-state index contributed by atoms with van der Waals surface area (Å²) in [6, 6.07) is 6.05. The number of hydrogen-bond acceptors (Lipinski definition) is 4. The lowest BCUT2D eigenvalue weighted by molar-refractivity contribution is 0.595. The van der Waals surface area contributed by atoms with Crippen molar-refractivity contribution in [2.75, 3.05) is 24.2 Å². The van der Waals surface area contributed by atoms with Gasteiger partial charge in [0.15, 0.2) is 9.84 Å². The summed E-state index contributed by atoms with van der Waals surface area (Å²) in [7, 11) is -3.39. The first kappa shape index (κ1) is 12.8. The molecule has 0 aromatic heterocycles. The zero-order valence-corrected chi connectivity index (χ0v) is 10.7. The van der Waals surface area contributed by atoms with E-state index in [4.69, 9.17) is 5.26 Å². The molecule has 1 saturated heterocycles. The third-order valence-electron chi connectivity index (χ3n) is 3.06. The van der Waals surface area contributed by atoms with Gasteiger partial charge in [-0.1, -0.05) is 0 Å². The van der Waals surface area contributed by atoms with E-state index in [-0.39, 0.29) is 10.8 Å². The minimum absolute atomic E-state index is 0.0280. The highest BCUT2D eigenvalue weighted by atomic mass is 32.2. The number of benzene rings is 1. The molecule has 1 unspecified atom stereocenters. The van der Waals surface area contributed by atoms with Crippen molar-refractivity contribution in [3.63, 3.8) is 0 Å². The SMILES string of the molecule is CS(=O)(=O)c1ccc(N2CCC(C#N)C2)c(F)c1. The Hall–Kier alpha value is -1.61. The van der Waals surface area contributed by atoms with Crippen LogP contribution in [-0.2, 0) is 9.84 Å². The maximum Gasteiger partial charge on any atom is 0.175 e. The van der Waals surface area contributed by atoms with E-state index < -0.39 is 15.7 Å². The van der Waals surface area contributed by atoms with Gasteiger partial charge < -0.3 is 4.90 Å². The monoisotopic (exact) mass is 268 g/mol. The maximum absolute atomic E-state index is 13.9. The number of anilines is 1. The fraction of sp³-hybridized carbons (Fsp3) is 0.417. The second kappa shape index (κ2) is 4.58. The van der Waals surface area contributed by atoms with E-state index in [1.165, 1.54) is 12.1 Å². The van der Waals surface area contributed by atoms with Gasteiger partial charge in [-0.25, -0.2) is 12.8 Å². The lowest BCUT2D eigenvalue weighted by atomic mass is 10.1. The van der Waals surface area contributed by atoms with Crippen molar-refractivity contribution in [2.45, 2.75) is 11.3 Å². The molecule has 18 heavy (non-hydrogen) atoms. The van der Waals surface area contributed by atoms with Crippen LogP contribution >= 0.6 is 0 Å². The number of rotatable bonds is 2. The van der Waals surface area contributed by atoms with Crippen molar-refractivity contribution >= 4 is 15.5 Å². The average molecular weight is 268 g/mol. The van der Waals surface area contributed by atoms with Crippen LogP contribution in [0.4, 0.5) is 10.1 Å². The third-order valence-corrected chi connectivity index (χ3v) is 4.17. The lowest BCUT2D eigenvalue weighted by Crippen LogP contribution is -2.20. The second-order valence-electron chi connectivity index (χ2n) is 4.45. The molecule has 2 rings (SSSR count). The van der Waals surface area contributed by atoms with E-state index in [0.717, 1.165) is 12.3 Å². The molecule has 0 amide bonds. The minimum Gasteiger partial charge on any atom is -0.368 e. The van der Waals surface area contributed by atoms with Crippen molar-refractivity contribution in [2.24, 2.45) is 5.92 Å². The standard InChI is InChI=1S/C12H13FN2O2S/c1-18(16,17)10-2-3-12(11(13)6-10)15-5-4-9(7-14)8-15/h2-3,6,9H,4-5,8H2,1H3. The Morgan fingerprint density at radius 1 is 1.50 bits per heavy atom. The van der Waals surface area contributed by atoms with Crippen LogP contribution in [-0.4, -0.2) is 27.8 Å². The van der Waals surface area contributed by atoms with Gasteiger partial charge in [-0.15, -0.1) is 0 Å². The van der Waals surface area contributed by atoms with E-state index in [2.05, 4.69) is 6.07 Å². The Kier molecular flexibility index (Phi) is 3.26. The molecule has 0 bridgehead atoms.